The Hall–Kier alpha value is -0.870. The molecule has 0 spiro atoms. The Morgan fingerprint density at radius 1 is 1.26 bits per heavy atom. The van der Waals surface area contributed by atoms with Gasteiger partial charge in [0.05, 0.1) is 5.41 Å². The number of amides is 1. The quantitative estimate of drug-likeness (QED) is 0.894. The SMILES string of the molecule is O=C(NC[C@@H]1CCN(C2CC2)C1)C1(c2cccs2)CCCCC1. The second-order valence-electron chi connectivity index (χ2n) is 7.71. The molecule has 2 saturated carbocycles. The number of hydrogen-bond donors (Lipinski definition) is 1. The third-order valence-electron chi connectivity index (χ3n) is 6.07. The normalized spacial score (nSPS) is 27.9. The molecule has 3 fully saturated rings. The van der Waals surface area contributed by atoms with Crippen molar-refractivity contribution in [2.24, 2.45) is 5.92 Å². The summed E-state index contributed by atoms with van der Waals surface area (Å²) in [7, 11) is 0. The second-order valence-corrected chi connectivity index (χ2v) is 8.66. The average Bonchev–Trinajstić information content (AvgIpc) is 3.11. The number of thiophene rings is 1. The fourth-order valence-corrected chi connectivity index (χ4v) is 5.48. The molecule has 1 saturated heterocycles. The Kier molecular flexibility index (Phi) is 4.46. The summed E-state index contributed by atoms with van der Waals surface area (Å²) < 4.78 is 0. The number of rotatable bonds is 5. The van der Waals surface area contributed by atoms with Gasteiger partial charge in [-0.2, -0.15) is 0 Å². The molecule has 3 nitrogen and oxygen atoms in total. The molecule has 0 radical (unpaired) electrons. The maximum atomic E-state index is 13.1. The number of nitrogens with zero attached hydrogens (tertiary/aromatic N) is 1. The van der Waals surface area contributed by atoms with E-state index >= 15 is 0 Å². The number of carbonyl (C=O) groups excluding carboxylic acids is 1. The minimum Gasteiger partial charge on any atom is -0.355 e. The van der Waals surface area contributed by atoms with Crippen LogP contribution < -0.4 is 5.32 Å². The van der Waals surface area contributed by atoms with Crippen molar-refractivity contribution in [1.82, 2.24) is 10.2 Å². The molecule has 1 aromatic rings. The van der Waals surface area contributed by atoms with Crippen LogP contribution in [0.4, 0.5) is 0 Å². The van der Waals surface area contributed by atoms with Crippen molar-refractivity contribution < 1.29 is 4.79 Å². The van der Waals surface area contributed by atoms with Crippen molar-refractivity contribution in [3.63, 3.8) is 0 Å². The third kappa shape index (κ3) is 3.20. The minimum absolute atomic E-state index is 0.235. The number of carbonyl (C=O) groups is 1. The molecule has 0 aromatic carbocycles. The summed E-state index contributed by atoms with van der Waals surface area (Å²) in [5, 5.41) is 5.46. The monoisotopic (exact) mass is 332 g/mol. The first kappa shape index (κ1) is 15.6. The molecule has 1 aliphatic heterocycles. The van der Waals surface area contributed by atoms with Crippen molar-refractivity contribution in [2.45, 2.75) is 62.8 Å². The van der Waals surface area contributed by atoms with Crippen LogP contribution in [0.25, 0.3) is 0 Å². The molecule has 126 valence electrons. The summed E-state index contributed by atoms with van der Waals surface area (Å²) >= 11 is 1.76. The number of likely N-dealkylation sites (tertiary alicyclic amines) is 1. The molecule has 0 bridgehead atoms. The average molecular weight is 333 g/mol. The second kappa shape index (κ2) is 6.56. The van der Waals surface area contributed by atoms with Gasteiger partial charge in [-0.05, 0) is 56.0 Å². The fraction of sp³-hybridized carbons (Fsp3) is 0.737. The molecule has 1 atom stereocenters. The van der Waals surface area contributed by atoms with E-state index in [1.54, 1.807) is 11.3 Å². The number of nitrogens with one attached hydrogen (secondary N) is 1. The van der Waals surface area contributed by atoms with Crippen LogP contribution in [0.5, 0.6) is 0 Å². The highest BCUT2D eigenvalue weighted by Crippen LogP contribution is 2.42. The van der Waals surface area contributed by atoms with Gasteiger partial charge in [0.1, 0.15) is 0 Å². The van der Waals surface area contributed by atoms with Crippen LogP contribution in [-0.4, -0.2) is 36.5 Å². The van der Waals surface area contributed by atoms with E-state index in [1.165, 1.54) is 56.5 Å². The third-order valence-corrected chi connectivity index (χ3v) is 7.14. The van der Waals surface area contributed by atoms with Crippen LogP contribution in [0.15, 0.2) is 17.5 Å². The summed E-state index contributed by atoms with van der Waals surface area (Å²) in [6.07, 6.45) is 9.73. The van der Waals surface area contributed by atoms with Gasteiger partial charge in [-0.25, -0.2) is 0 Å². The predicted octanol–water partition coefficient (Wildman–Crippen LogP) is 3.55. The minimum atomic E-state index is -0.235. The molecule has 4 rings (SSSR count). The zero-order chi connectivity index (χ0) is 15.7. The van der Waals surface area contributed by atoms with Crippen LogP contribution in [0.3, 0.4) is 0 Å². The zero-order valence-electron chi connectivity index (χ0n) is 13.9. The van der Waals surface area contributed by atoms with Gasteiger partial charge in [0.2, 0.25) is 5.91 Å². The van der Waals surface area contributed by atoms with Crippen LogP contribution in [-0.2, 0) is 10.2 Å². The van der Waals surface area contributed by atoms with Gasteiger partial charge in [-0.1, -0.05) is 25.3 Å². The van der Waals surface area contributed by atoms with Crippen LogP contribution in [0.1, 0.15) is 56.2 Å². The molecule has 4 heteroatoms. The highest BCUT2D eigenvalue weighted by atomic mass is 32.1. The molecule has 23 heavy (non-hydrogen) atoms. The van der Waals surface area contributed by atoms with Crippen molar-refractivity contribution in [3.8, 4) is 0 Å². The van der Waals surface area contributed by atoms with Gasteiger partial charge >= 0.3 is 0 Å². The smallest absolute Gasteiger partial charge is 0.231 e. The van der Waals surface area contributed by atoms with E-state index in [9.17, 15) is 4.79 Å². The molecule has 2 heterocycles. The van der Waals surface area contributed by atoms with Gasteiger partial charge in [-0.3, -0.25) is 4.79 Å². The van der Waals surface area contributed by atoms with E-state index in [2.05, 4.69) is 27.7 Å². The molecular formula is C19H28N2OS. The largest absolute Gasteiger partial charge is 0.355 e. The molecule has 0 unspecified atom stereocenters. The Labute approximate surface area is 143 Å². The van der Waals surface area contributed by atoms with Crippen LogP contribution >= 0.6 is 11.3 Å². The first-order valence-corrected chi connectivity index (χ1v) is 10.2. The maximum absolute atomic E-state index is 13.1. The Bertz CT molecular complexity index is 532. The Balaban J connectivity index is 1.38. The summed E-state index contributed by atoms with van der Waals surface area (Å²) in [5.41, 5.74) is -0.235. The highest BCUT2D eigenvalue weighted by molar-refractivity contribution is 7.10. The lowest BCUT2D eigenvalue weighted by Crippen LogP contribution is -2.46. The van der Waals surface area contributed by atoms with Crippen LogP contribution in [0, 0.1) is 5.92 Å². The molecule has 1 N–H and O–H groups in total. The summed E-state index contributed by atoms with van der Waals surface area (Å²) in [6.45, 7) is 3.30. The van der Waals surface area contributed by atoms with Crippen molar-refractivity contribution in [1.29, 1.82) is 0 Å². The lowest BCUT2D eigenvalue weighted by molar-refractivity contribution is -0.128. The van der Waals surface area contributed by atoms with Crippen molar-refractivity contribution >= 4 is 17.2 Å². The zero-order valence-corrected chi connectivity index (χ0v) is 14.7. The maximum Gasteiger partial charge on any atom is 0.231 e. The summed E-state index contributed by atoms with van der Waals surface area (Å²) in [6, 6.07) is 5.13. The standard InChI is InChI=1S/C19H28N2OS/c22-18(20-13-15-8-11-21(14-15)16-6-7-16)19(9-2-1-3-10-19)17-5-4-12-23-17/h4-5,12,15-16H,1-3,6-11,13-14H2,(H,20,22)/t15-/m0/s1. The van der Waals surface area contributed by atoms with E-state index < -0.39 is 0 Å². The van der Waals surface area contributed by atoms with E-state index in [0.29, 0.717) is 11.8 Å². The molecule has 1 aromatic heterocycles. The van der Waals surface area contributed by atoms with Crippen molar-refractivity contribution in [3.05, 3.63) is 22.4 Å². The summed E-state index contributed by atoms with van der Waals surface area (Å²) in [5.74, 6) is 0.952. The lowest BCUT2D eigenvalue weighted by Gasteiger charge is -2.35. The molecule has 2 aliphatic carbocycles. The van der Waals surface area contributed by atoms with Gasteiger partial charge in [0.15, 0.2) is 0 Å². The van der Waals surface area contributed by atoms with E-state index in [1.807, 2.05) is 0 Å². The highest BCUT2D eigenvalue weighted by Gasteiger charge is 2.42. The lowest BCUT2D eigenvalue weighted by atomic mass is 9.72. The fourth-order valence-electron chi connectivity index (χ4n) is 4.50. The van der Waals surface area contributed by atoms with Gasteiger partial charge in [-0.15, -0.1) is 11.3 Å². The van der Waals surface area contributed by atoms with Gasteiger partial charge in [0.25, 0.3) is 0 Å². The Morgan fingerprint density at radius 2 is 2.09 bits per heavy atom. The number of hydrogen-bond acceptors (Lipinski definition) is 3. The predicted molar refractivity (Wildman–Crippen MR) is 94.8 cm³/mol. The molecular weight excluding hydrogens is 304 g/mol. The first-order chi connectivity index (χ1) is 11.3. The van der Waals surface area contributed by atoms with E-state index in [4.69, 9.17) is 0 Å². The van der Waals surface area contributed by atoms with Gasteiger partial charge < -0.3 is 10.2 Å². The van der Waals surface area contributed by atoms with Crippen LogP contribution in [0.2, 0.25) is 0 Å². The van der Waals surface area contributed by atoms with Gasteiger partial charge in [0, 0.05) is 24.0 Å². The Morgan fingerprint density at radius 3 is 2.78 bits per heavy atom. The van der Waals surface area contributed by atoms with E-state index in [-0.39, 0.29) is 5.41 Å². The topological polar surface area (TPSA) is 32.3 Å². The molecule has 3 aliphatic rings. The van der Waals surface area contributed by atoms with Crippen molar-refractivity contribution in [2.75, 3.05) is 19.6 Å². The first-order valence-electron chi connectivity index (χ1n) is 9.34. The molecule has 1 amide bonds. The van der Waals surface area contributed by atoms with E-state index in [0.717, 1.165) is 25.4 Å². The summed E-state index contributed by atoms with van der Waals surface area (Å²) in [4.78, 5) is 17.0.